The van der Waals surface area contributed by atoms with Gasteiger partial charge in [-0.15, -0.1) is 0 Å². The molecule has 0 heterocycles. The third kappa shape index (κ3) is 5.23. The van der Waals surface area contributed by atoms with Gasteiger partial charge in [0.25, 0.3) is 0 Å². The number of alkyl halides is 3. The zero-order valence-electron chi connectivity index (χ0n) is 14.8. The van der Waals surface area contributed by atoms with E-state index >= 15 is 0 Å². The Morgan fingerprint density at radius 3 is 1.85 bits per heavy atom. The number of rotatable bonds is 4. The molecule has 2 aromatic rings. The number of hydrogen-bond acceptors (Lipinski definition) is 3. The smallest absolute Gasteiger partial charge is 0.356 e. The topological polar surface area (TPSA) is 52.6 Å². The van der Waals surface area contributed by atoms with E-state index in [9.17, 15) is 23.2 Å². The summed E-state index contributed by atoms with van der Waals surface area (Å²) in [6.07, 6.45) is -5.10. The highest BCUT2D eigenvalue weighted by Crippen LogP contribution is 2.25. The molecule has 0 aliphatic carbocycles. The van der Waals surface area contributed by atoms with Crippen molar-refractivity contribution in [2.75, 3.05) is 5.32 Å². The van der Waals surface area contributed by atoms with Gasteiger partial charge in [0.15, 0.2) is 0 Å². The molecule has 1 amide bonds. The lowest BCUT2D eigenvalue weighted by Gasteiger charge is -2.19. The molecule has 0 fully saturated rings. The minimum atomic E-state index is -5.10. The third-order valence-corrected chi connectivity index (χ3v) is 3.80. The summed E-state index contributed by atoms with van der Waals surface area (Å²) in [5, 5.41) is 12.1. The zero-order chi connectivity index (χ0) is 19.5. The molecule has 140 valence electrons. The predicted octanol–water partition coefficient (Wildman–Crippen LogP) is 5.01. The second-order valence-corrected chi connectivity index (χ2v) is 7.01. The Kier molecular flexibility index (Phi) is 5.61. The fraction of sp³-hybridized carbons (Fsp3) is 0.316. The van der Waals surface area contributed by atoms with Crippen molar-refractivity contribution in [2.45, 2.75) is 38.9 Å². The molecule has 0 bridgehead atoms. The van der Waals surface area contributed by atoms with Crippen LogP contribution in [-0.4, -0.2) is 22.4 Å². The van der Waals surface area contributed by atoms with Crippen LogP contribution in [0.3, 0.4) is 0 Å². The minimum absolute atomic E-state index is 0.0597. The second kappa shape index (κ2) is 7.37. The van der Waals surface area contributed by atoms with Crippen LogP contribution < -0.4 is 5.32 Å². The fourth-order valence-corrected chi connectivity index (χ4v) is 2.30. The number of benzene rings is 2. The summed E-state index contributed by atoms with van der Waals surface area (Å²) in [7, 11) is 0. The van der Waals surface area contributed by atoms with Crippen LogP contribution in [0.5, 0.6) is 0 Å². The molecule has 0 aliphatic heterocycles. The standard InChI is InChI=1S/C19H21F3N2O2/c1-18(2,3)14-6-10-16(11-7-14)23-15-8-4-13(5-9-15)12-24(26)17(25)19(20,21)22/h4-11,23,26H,12H2,1-3H3. The number of nitrogens with zero attached hydrogens (tertiary/aromatic N) is 1. The molecule has 2 N–H and O–H groups in total. The van der Waals surface area contributed by atoms with Crippen molar-refractivity contribution in [3.8, 4) is 0 Å². The van der Waals surface area contributed by atoms with Crippen molar-refractivity contribution >= 4 is 17.3 Å². The summed E-state index contributed by atoms with van der Waals surface area (Å²) in [6, 6.07) is 14.4. The van der Waals surface area contributed by atoms with Crippen LogP contribution >= 0.6 is 0 Å². The molecule has 0 aromatic heterocycles. The summed E-state index contributed by atoms with van der Waals surface area (Å²) in [6.45, 7) is 5.84. The van der Waals surface area contributed by atoms with E-state index in [2.05, 4.69) is 26.1 Å². The van der Waals surface area contributed by atoms with Crippen LogP contribution in [-0.2, 0) is 16.8 Å². The van der Waals surface area contributed by atoms with Crippen LogP contribution in [0, 0.1) is 0 Å². The average Bonchev–Trinajstić information content (AvgIpc) is 2.54. The van der Waals surface area contributed by atoms with Gasteiger partial charge in [-0.3, -0.25) is 10.0 Å². The molecular weight excluding hydrogens is 345 g/mol. The molecule has 4 nitrogen and oxygen atoms in total. The number of nitrogens with one attached hydrogen (secondary N) is 1. The van der Waals surface area contributed by atoms with Crippen LogP contribution in [0.25, 0.3) is 0 Å². The van der Waals surface area contributed by atoms with E-state index in [4.69, 9.17) is 0 Å². The normalized spacial score (nSPS) is 12.0. The molecule has 26 heavy (non-hydrogen) atoms. The Morgan fingerprint density at radius 1 is 0.962 bits per heavy atom. The maximum atomic E-state index is 12.2. The largest absolute Gasteiger partial charge is 0.473 e. The monoisotopic (exact) mass is 366 g/mol. The number of hydrogen-bond donors (Lipinski definition) is 2. The highest BCUT2D eigenvalue weighted by atomic mass is 19.4. The highest BCUT2D eigenvalue weighted by Gasteiger charge is 2.42. The van der Waals surface area contributed by atoms with Gasteiger partial charge in [-0.25, -0.2) is 5.06 Å². The van der Waals surface area contributed by atoms with E-state index < -0.39 is 18.6 Å². The Bertz CT molecular complexity index is 748. The van der Waals surface area contributed by atoms with E-state index in [1.54, 1.807) is 24.3 Å². The number of amides is 1. The minimum Gasteiger partial charge on any atom is -0.356 e. The van der Waals surface area contributed by atoms with Crippen LogP contribution in [0.4, 0.5) is 24.5 Å². The first-order valence-electron chi connectivity index (χ1n) is 8.01. The molecule has 0 radical (unpaired) electrons. The highest BCUT2D eigenvalue weighted by molar-refractivity contribution is 5.80. The number of carbonyl (C=O) groups is 1. The Morgan fingerprint density at radius 2 is 1.42 bits per heavy atom. The molecule has 7 heteroatoms. The van der Waals surface area contributed by atoms with E-state index in [-0.39, 0.29) is 10.5 Å². The number of hydroxylamine groups is 2. The van der Waals surface area contributed by atoms with Crippen molar-refractivity contribution in [2.24, 2.45) is 0 Å². The number of carbonyl (C=O) groups excluding carboxylic acids is 1. The molecule has 0 atom stereocenters. The summed E-state index contributed by atoms with van der Waals surface area (Å²) < 4.78 is 36.7. The van der Waals surface area contributed by atoms with Gasteiger partial charge in [0.1, 0.15) is 0 Å². The fourth-order valence-electron chi connectivity index (χ4n) is 2.30. The van der Waals surface area contributed by atoms with Gasteiger partial charge < -0.3 is 5.32 Å². The number of anilines is 2. The van der Waals surface area contributed by atoms with Gasteiger partial charge in [-0.05, 0) is 40.8 Å². The van der Waals surface area contributed by atoms with Crippen LogP contribution in [0.2, 0.25) is 0 Å². The van der Waals surface area contributed by atoms with Gasteiger partial charge in [-0.1, -0.05) is 45.0 Å². The van der Waals surface area contributed by atoms with E-state index in [1.807, 2.05) is 24.3 Å². The maximum Gasteiger partial charge on any atom is 0.473 e. The first kappa shape index (κ1) is 19.8. The molecule has 0 unspecified atom stereocenters. The van der Waals surface area contributed by atoms with E-state index in [0.29, 0.717) is 5.56 Å². The summed E-state index contributed by atoms with van der Waals surface area (Å²) in [5.41, 5.74) is 3.25. The summed E-state index contributed by atoms with van der Waals surface area (Å²) in [4.78, 5) is 10.9. The molecule has 0 saturated carbocycles. The van der Waals surface area contributed by atoms with Crippen molar-refractivity contribution in [1.82, 2.24) is 5.06 Å². The van der Waals surface area contributed by atoms with Crippen molar-refractivity contribution in [3.05, 3.63) is 59.7 Å². The van der Waals surface area contributed by atoms with Gasteiger partial charge >= 0.3 is 12.1 Å². The molecule has 2 aromatic carbocycles. The average molecular weight is 366 g/mol. The van der Waals surface area contributed by atoms with E-state index in [0.717, 1.165) is 11.4 Å². The van der Waals surface area contributed by atoms with Crippen molar-refractivity contribution in [3.63, 3.8) is 0 Å². The molecule has 2 rings (SSSR count). The lowest BCUT2D eigenvalue weighted by Crippen LogP contribution is -2.38. The second-order valence-electron chi connectivity index (χ2n) is 7.01. The van der Waals surface area contributed by atoms with Crippen molar-refractivity contribution in [1.29, 1.82) is 0 Å². The summed E-state index contributed by atoms with van der Waals surface area (Å²) >= 11 is 0. The van der Waals surface area contributed by atoms with Gasteiger partial charge in [0.2, 0.25) is 0 Å². The molecule has 0 saturated heterocycles. The van der Waals surface area contributed by atoms with Crippen LogP contribution in [0.1, 0.15) is 31.9 Å². The first-order chi connectivity index (χ1) is 12.0. The quantitative estimate of drug-likeness (QED) is 0.591. The zero-order valence-corrected chi connectivity index (χ0v) is 14.8. The lowest BCUT2D eigenvalue weighted by molar-refractivity contribution is -0.217. The first-order valence-corrected chi connectivity index (χ1v) is 8.01. The van der Waals surface area contributed by atoms with E-state index in [1.165, 1.54) is 5.56 Å². The van der Waals surface area contributed by atoms with Gasteiger partial charge in [-0.2, -0.15) is 13.2 Å². The Labute approximate surface area is 150 Å². The number of halogens is 3. The van der Waals surface area contributed by atoms with Crippen LogP contribution in [0.15, 0.2) is 48.5 Å². The summed E-state index contributed by atoms with van der Waals surface area (Å²) in [5.74, 6) is -2.29. The van der Waals surface area contributed by atoms with Gasteiger partial charge in [0.05, 0.1) is 6.54 Å². The molecular formula is C19H21F3N2O2. The lowest BCUT2D eigenvalue weighted by atomic mass is 9.87. The SMILES string of the molecule is CC(C)(C)c1ccc(Nc2ccc(CN(O)C(=O)C(F)(F)F)cc2)cc1. The van der Waals surface area contributed by atoms with Crippen molar-refractivity contribution < 1.29 is 23.2 Å². The maximum absolute atomic E-state index is 12.2. The molecule has 0 spiro atoms. The third-order valence-electron chi connectivity index (χ3n) is 3.80. The Balaban J connectivity index is 2.00. The molecule has 0 aliphatic rings. The predicted molar refractivity (Wildman–Crippen MR) is 93.3 cm³/mol. The van der Waals surface area contributed by atoms with Gasteiger partial charge in [0, 0.05) is 11.4 Å². The Hall–Kier alpha value is -2.54.